The monoisotopic (exact) mass is 277 g/mol. The molecule has 0 bridgehead atoms. The summed E-state index contributed by atoms with van der Waals surface area (Å²) in [6, 6.07) is 1.39. The second-order valence-electron chi connectivity index (χ2n) is 4.60. The number of nitrogens with zero attached hydrogens (tertiary/aromatic N) is 1. The summed E-state index contributed by atoms with van der Waals surface area (Å²) < 4.78 is 1.52. The Kier molecular flexibility index (Phi) is 3.57. The van der Waals surface area contributed by atoms with E-state index in [4.69, 9.17) is 0 Å². The molecule has 0 aromatic carbocycles. The fourth-order valence-corrected chi connectivity index (χ4v) is 3.01. The molecule has 0 aliphatic heterocycles. The Hall–Kier alpha value is -1.88. The molecule has 0 saturated heterocycles. The Bertz CT molecular complexity index is 697. The second kappa shape index (κ2) is 5.01. The SMILES string of the molecule is Cc1cscc1Cn1c(C)c(C(=O)O)c(C)cc1=O. The number of aromatic nitrogens is 1. The van der Waals surface area contributed by atoms with E-state index in [1.54, 1.807) is 25.2 Å². The van der Waals surface area contributed by atoms with Crippen LogP contribution in [0.1, 0.15) is 32.7 Å². The fraction of sp³-hybridized carbons (Fsp3) is 0.286. The van der Waals surface area contributed by atoms with Gasteiger partial charge in [0.15, 0.2) is 0 Å². The highest BCUT2D eigenvalue weighted by Crippen LogP contribution is 2.17. The van der Waals surface area contributed by atoms with Gasteiger partial charge in [0.05, 0.1) is 12.1 Å². The minimum atomic E-state index is -0.995. The van der Waals surface area contributed by atoms with E-state index in [0.29, 0.717) is 17.8 Å². The molecule has 2 heterocycles. The van der Waals surface area contributed by atoms with E-state index in [0.717, 1.165) is 11.1 Å². The number of aromatic carboxylic acids is 1. The molecule has 0 saturated carbocycles. The summed E-state index contributed by atoms with van der Waals surface area (Å²) in [5, 5.41) is 13.2. The number of aryl methyl sites for hydroxylation is 2. The lowest BCUT2D eigenvalue weighted by Crippen LogP contribution is -2.26. The van der Waals surface area contributed by atoms with Crippen molar-refractivity contribution in [3.05, 3.63) is 55.1 Å². The van der Waals surface area contributed by atoms with Crippen LogP contribution < -0.4 is 5.56 Å². The number of carboxylic acids is 1. The highest BCUT2D eigenvalue weighted by molar-refractivity contribution is 7.08. The molecule has 19 heavy (non-hydrogen) atoms. The number of hydrogen-bond donors (Lipinski definition) is 1. The minimum Gasteiger partial charge on any atom is -0.478 e. The van der Waals surface area contributed by atoms with Crippen LogP contribution in [0.5, 0.6) is 0 Å². The van der Waals surface area contributed by atoms with Gasteiger partial charge in [0, 0.05) is 11.8 Å². The zero-order valence-electron chi connectivity index (χ0n) is 11.1. The third-order valence-corrected chi connectivity index (χ3v) is 4.18. The Morgan fingerprint density at radius 1 is 1.26 bits per heavy atom. The summed E-state index contributed by atoms with van der Waals surface area (Å²) in [5.74, 6) is -0.995. The molecule has 0 amide bonds. The lowest BCUT2D eigenvalue weighted by atomic mass is 10.1. The van der Waals surface area contributed by atoms with Crippen LogP contribution in [0.4, 0.5) is 0 Å². The Morgan fingerprint density at radius 2 is 1.95 bits per heavy atom. The summed E-state index contributed by atoms with van der Waals surface area (Å²) in [7, 11) is 0. The maximum atomic E-state index is 12.0. The van der Waals surface area contributed by atoms with Gasteiger partial charge in [-0.1, -0.05) is 0 Å². The molecule has 0 spiro atoms. The first-order chi connectivity index (χ1) is 8.91. The van der Waals surface area contributed by atoms with Gasteiger partial charge in [0.25, 0.3) is 5.56 Å². The average molecular weight is 277 g/mol. The van der Waals surface area contributed by atoms with Crippen molar-refractivity contribution in [2.24, 2.45) is 0 Å². The molecular formula is C14H15NO3S. The van der Waals surface area contributed by atoms with E-state index < -0.39 is 5.97 Å². The molecule has 0 aliphatic carbocycles. The van der Waals surface area contributed by atoms with Gasteiger partial charge in [-0.3, -0.25) is 4.79 Å². The molecule has 0 fully saturated rings. The van der Waals surface area contributed by atoms with Crippen molar-refractivity contribution in [1.29, 1.82) is 0 Å². The second-order valence-corrected chi connectivity index (χ2v) is 5.34. The van der Waals surface area contributed by atoms with Crippen molar-refractivity contribution in [2.75, 3.05) is 0 Å². The van der Waals surface area contributed by atoms with Gasteiger partial charge in [0.1, 0.15) is 0 Å². The standard InChI is InChI=1S/C14H15NO3S/c1-8-4-12(16)15(10(3)13(8)14(17)18)5-11-7-19-6-9(11)2/h4,6-7H,5H2,1-3H3,(H,17,18). The summed E-state index contributed by atoms with van der Waals surface area (Å²) in [6.07, 6.45) is 0. The van der Waals surface area contributed by atoms with E-state index in [9.17, 15) is 14.7 Å². The quantitative estimate of drug-likeness (QED) is 0.938. The molecule has 0 atom stereocenters. The van der Waals surface area contributed by atoms with Crippen molar-refractivity contribution in [1.82, 2.24) is 4.57 Å². The minimum absolute atomic E-state index is 0.161. The van der Waals surface area contributed by atoms with Crippen molar-refractivity contribution < 1.29 is 9.90 Å². The lowest BCUT2D eigenvalue weighted by Gasteiger charge is -2.14. The zero-order chi connectivity index (χ0) is 14.2. The first-order valence-electron chi connectivity index (χ1n) is 5.87. The maximum absolute atomic E-state index is 12.0. The highest BCUT2D eigenvalue weighted by Gasteiger charge is 2.16. The van der Waals surface area contributed by atoms with E-state index >= 15 is 0 Å². The fourth-order valence-electron chi connectivity index (χ4n) is 2.16. The van der Waals surface area contributed by atoms with Crippen LogP contribution in [-0.2, 0) is 6.54 Å². The van der Waals surface area contributed by atoms with Crippen molar-refractivity contribution in [2.45, 2.75) is 27.3 Å². The van der Waals surface area contributed by atoms with Gasteiger partial charge in [-0.05, 0) is 48.2 Å². The van der Waals surface area contributed by atoms with Crippen molar-refractivity contribution in [3.63, 3.8) is 0 Å². The molecule has 1 N–H and O–H groups in total. The third kappa shape index (κ3) is 2.46. The topological polar surface area (TPSA) is 59.3 Å². The van der Waals surface area contributed by atoms with Crippen LogP contribution in [0.2, 0.25) is 0 Å². The Balaban J connectivity index is 2.58. The van der Waals surface area contributed by atoms with Crippen LogP contribution in [0.3, 0.4) is 0 Å². The molecule has 0 aliphatic rings. The van der Waals surface area contributed by atoms with E-state index in [-0.39, 0.29) is 11.1 Å². The smallest absolute Gasteiger partial charge is 0.337 e. The third-order valence-electron chi connectivity index (χ3n) is 3.27. The van der Waals surface area contributed by atoms with E-state index in [2.05, 4.69) is 0 Å². The van der Waals surface area contributed by atoms with Crippen LogP contribution in [-0.4, -0.2) is 15.6 Å². The summed E-state index contributed by atoms with van der Waals surface area (Å²) >= 11 is 1.58. The molecule has 0 unspecified atom stereocenters. The molecule has 2 aromatic rings. The first-order valence-corrected chi connectivity index (χ1v) is 6.82. The molecule has 2 rings (SSSR count). The van der Waals surface area contributed by atoms with Gasteiger partial charge in [0.2, 0.25) is 0 Å². The highest BCUT2D eigenvalue weighted by atomic mass is 32.1. The molecule has 100 valence electrons. The van der Waals surface area contributed by atoms with Gasteiger partial charge >= 0.3 is 5.97 Å². The van der Waals surface area contributed by atoms with Gasteiger partial charge < -0.3 is 9.67 Å². The summed E-state index contributed by atoms with van der Waals surface area (Å²) in [6.45, 7) is 5.73. The number of thiophene rings is 1. The number of rotatable bonds is 3. The van der Waals surface area contributed by atoms with Crippen LogP contribution in [0, 0.1) is 20.8 Å². The lowest BCUT2D eigenvalue weighted by molar-refractivity contribution is 0.0694. The largest absolute Gasteiger partial charge is 0.478 e. The van der Waals surface area contributed by atoms with Gasteiger partial charge in [-0.2, -0.15) is 11.3 Å². The van der Waals surface area contributed by atoms with Crippen LogP contribution in [0.25, 0.3) is 0 Å². The number of carboxylic acid groups (broad SMARTS) is 1. The van der Waals surface area contributed by atoms with E-state index in [1.807, 2.05) is 17.7 Å². The van der Waals surface area contributed by atoms with E-state index in [1.165, 1.54) is 10.6 Å². The summed E-state index contributed by atoms with van der Waals surface area (Å²) in [4.78, 5) is 23.3. The summed E-state index contributed by atoms with van der Waals surface area (Å²) in [5.41, 5.74) is 3.23. The van der Waals surface area contributed by atoms with Crippen molar-refractivity contribution >= 4 is 17.3 Å². The molecular weight excluding hydrogens is 262 g/mol. The van der Waals surface area contributed by atoms with Crippen LogP contribution in [0.15, 0.2) is 21.6 Å². The maximum Gasteiger partial charge on any atom is 0.337 e. The predicted octanol–water partition coefficient (Wildman–Crippen LogP) is 2.58. The van der Waals surface area contributed by atoms with Gasteiger partial charge in [-0.15, -0.1) is 0 Å². The van der Waals surface area contributed by atoms with Crippen molar-refractivity contribution in [3.8, 4) is 0 Å². The molecule has 5 heteroatoms. The molecule has 0 radical (unpaired) electrons. The number of hydrogen-bond acceptors (Lipinski definition) is 3. The zero-order valence-corrected chi connectivity index (χ0v) is 11.9. The predicted molar refractivity (Wildman–Crippen MR) is 75.3 cm³/mol. The Labute approximate surface area is 115 Å². The average Bonchev–Trinajstić information content (AvgIpc) is 2.69. The van der Waals surface area contributed by atoms with Gasteiger partial charge in [-0.25, -0.2) is 4.79 Å². The number of pyridine rings is 1. The molecule has 4 nitrogen and oxygen atoms in total. The number of carbonyl (C=O) groups is 1. The Morgan fingerprint density at radius 3 is 2.47 bits per heavy atom. The molecule has 2 aromatic heterocycles. The van der Waals surface area contributed by atoms with Crippen LogP contribution >= 0.6 is 11.3 Å². The first kappa shape index (κ1) is 13.5. The normalized spacial score (nSPS) is 10.7.